The summed E-state index contributed by atoms with van der Waals surface area (Å²) in [5, 5.41) is 3.41. The zero-order chi connectivity index (χ0) is 19.8. The SMILES string of the molecule is Cc1cc(Oc2ccc(OC(C)C(N)=O)cc2)n2nc(C(F)(F)F)nc2n1. The van der Waals surface area contributed by atoms with Gasteiger partial charge in [-0.2, -0.15) is 22.7 Å². The number of halogens is 3. The van der Waals surface area contributed by atoms with Gasteiger partial charge in [-0.1, -0.05) is 0 Å². The lowest BCUT2D eigenvalue weighted by atomic mass is 10.3. The minimum absolute atomic E-state index is 0.0136. The van der Waals surface area contributed by atoms with Crippen LogP contribution >= 0.6 is 0 Å². The van der Waals surface area contributed by atoms with Crippen LogP contribution in [0.3, 0.4) is 0 Å². The number of ether oxygens (including phenoxy) is 2. The maximum atomic E-state index is 12.8. The molecule has 0 saturated heterocycles. The van der Waals surface area contributed by atoms with E-state index in [9.17, 15) is 18.0 Å². The van der Waals surface area contributed by atoms with Crippen LogP contribution in [-0.2, 0) is 11.0 Å². The van der Waals surface area contributed by atoms with Crippen LogP contribution in [-0.4, -0.2) is 31.6 Å². The summed E-state index contributed by atoms with van der Waals surface area (Å²) < 4.78 is 50.3. The second kappa shape index (κ2) is 6.74. The van der Waals surface area contributed by atoms with Gasteiger partial charge in [0.2, 0.25) is 5.88 Å². The molecule has 0 radical (unpaired) electrons. The van der Waals surface area contributed by atoms with Gasteiger partial charge in [-0.15, -0.1) is 5.10 Å². The second-order valence-corrected chi connectivity index (χ2v) is 5.62. The van der Waals surface area contributed by atoms with Crippen LogP contribution in [0.2, 0.25) is 0 Å². The van der Waals surface area contributed by atoms with Crippen molar-refractivity contribution in [3.8, 4) is 17.4 Å². The van der Waals surface area contributed by atoms with Crippen LogP contribution in [0.5, 0.6) is 17.4 Å². The molecule has 1 atom stereocenters. The van der Waals surface area contributed by atoms with Crippen LogP contribution in [0.25, 0.3) is 5.78 Å². The number of amides is 1. The zero-order valence-electron chi connectivity index (χ0n) is 14.2. The first-order valence-corrected chi connectivity index (χ1v) is 7.69. The van der Waals surface area contributed by atoms with Gasteiger partial charge in [0.25, 0.3) is 17.5 Å². The minimum atomic E-state index is -4.70. The van der Waals surface area contributed by atoms with Crippen molar-refractivity contribution in [2.75, 3.05) is 0 Å². The summed E-state index contributed by atoms with van der Waals surface area (Å²) in [5.41, 5.74) is 5.54. The predicted molar refractivity (Wildman–Crippen MR) is 86.3 cm³/mol. The highest BCUT2D eigenvalue weighted by molar-refractivity contribution is 5.78. The van der Waals surface area contributed by atoms with Gasteiger partial charge in [0, 0.05) is 11.8 Å². The van der Waals surface area contributed by atoms with Gasteiger partial charge in [-0.05, 0) is 38.1 Å². The number of alkyl halides is 3. The molecule has 0 aliphatic carbocycles. The van der Waals surface area contributed by atoms with E-state index in [1.165, 1.54) is 37.3 Å². The Bertz CT molecular complexity index is 985. The molecule has 0 aliphatic rings. The van der Waals surface area contributed by atoms with Crippen LogP contribution in [0.4, 0.5) is 13.2 Å². The third kappa shape index (κ3) is 4.07. The van der Waals surface area contributed by atoms with Crippen molar-refractivity contribution in [2.45, 2.75) is 26.1 Å². The minimum Gasteiger partial charge on any atom is -0.481 e. The molecule has 27 heavy (non-hydrogen) atoms. The number of benzene rings is 1. The highest BCUT2D eigenvalue weighted by Gasteiger charge is 2.37. The van der Waals surface area contributed by atoms with Gasteiger partial charge in [-0.3, -0.25) is 4.79 Å². The van der Waals surface area contributed by atoms with Crippen molar-refractivity contribution in [1.29, 1.82) is 0 Å². The summed E-state index contributed by atoms with van der Waals surface area (Å²) >= 11 is 0. The monoisotopic (exact) mass is 381 g/mol. The van der Waals surface area contributed by atoms with Gasteiger partial charge < -0.3 is 15.2 Å². The normalized spacial score (nSPS) is 12.8. The predicted octanol–water partition coefficient (Wildman–Crippen LogP) is 2.50. The lowest BCUT2D eigenvalue weighted by Crippen LogP contribution is -2.30. The smallest absolute Gasteiger partial charge is 0.453 e. The van der Waals surface area contributed by atoms with Crippen molar-refractivity contribution in [3.63, 3.8) is 0 Å². The molecule has 2 aromatic heterocycles. The van der Waals surface area contributed by atoms with Crippen molar-refractivity contribution in [3.05, 3.63) is 41.9 Å². The Morgan fingerprint density at radius 2 is 1.81 bits per heavy atom. The van der Waals surface area contributed by atoms with Gasteiger partial charge in [-0.25, -0.2) is 4.98 Å². The summed E-state index contributed by atoms with van der Waals surface area (Å²) in [6.07, 6.45) is -5.51. The molecule has 0 saturated carbocycles. The molecule has 0 aliphatic heterocycles. The van der Waals surface area contributed by atoms with Gasteiger partial charge in [0.05, 0.1) is 0 Å². The summed E-state index contributed by atoms with van der Waals surface area (Å²) in [5.74, 6) is -1.45. The first-order valence-electron chi connectivity index (χ1n) is 7.69. The highest BCUT2D eigenvalue weighted by Crippen LogP contribution is 2.29. The summed E-state index contributed by atoms with van der Waals surface area (Å²) in [6, 6.07) is 7.53. The quantitative estimate of drug-likeness (QED) is 0.728. The fourth-order valence-electron chi connectivity index (χ4n) is 2.12. The van der Waals surface area contributed by atoms with Crippen molar-refractivity contribution >= 4 is 11.7 Å². The molecule has 142 valence electrons. The van der Waals surface area contributed by atoms with E-state index in [2.05, 4.69) is 15.1 Å². The molecule has 1 amide bonds. The van der Waals surface area contributed by atoms with Crippen molar-refractivity contribution < 1.29 is 27.4 Å². The Morgan fingerprint density at radius 1 is 1.19 bits per heavy atom. The Kier molecular flexibility index (Phi) is 4.60. The Labute approximate surface area is 150 Å². The van der Waals surface area contributed by atoms with Gasteiger partial charge in [0.1, 0.15) is 11.5 Å². The number of hydrogen-bond donors (Lipinski definition) is 1. The maximum Gasteiger partial charge on any atom is 0.453 e. The van der Waals surface area contributed by atoms with E-state index in [0.29, 0.717) is 17.2 Å². The van der Waals surface area contributed by atoms with E-state index in [1.54, 1.807) is 6.92 Å². The molecular formula is C16H14F3N5O3. The van der Waals surface area contributed by atoms with E-state index < -0.39 is 24.0 Å². The third-order valence-corrected chi connectivity index (χ3v) is 3.42. The number of aryl methyl sites for hydroxylation is 1. The van der Waals surface area contributed by atoms with Crippen LogP contribution in [0.1, 0.15) is 18.4 Å². The third-order valence-electron chi connectivity index (χ3n) is 3.42. The first-order chi connectivity index (χ1) is 12.6. The Morgan fingerprint density at radius 3 is 2.41 bits per heavy atom. The number of aromatic nitrogens is 4. The molecule has 0 fully saturated rings. The standard InChI is InChI=1S/C16H14F3N5O3/c1-8-7-12(24-15(21-8)22-14(23-24)16(17,18)19)27-11-5-3-10(4-6-11)26-9(2)13(20)25/h3-7,9H,1-2H3,(H2,20,25). The number of primary amides is 1. The molecule has 2 heterocycles. The fraction of sp³-hybridized carbons (Fsp3) is 0.250. The summed E-state index contributed by atoms with van der Waals surface area (Å²) in [4.78, 5) is 18.3. The average Bonchev–Trinajstić information content (AvgIpc) is 3.01. The molecule has 1 unspecified atom stereocenters. The van der Waals surface area contributed by atoms with Crippen LogP contribution < -0.4 is 15.2 Å². The maximum absolute atomic E-state index is 12.8. The van der Waals surface area contributed by atoms with Gasteiger partial charge >= 0.3 is 6.18 Å². The number of hydrogen-bond acceptors (Lipinski definition) is 6. The number of rotatable bonds is 5. The van der Waals surface area contributed by atoms with Crippen LogP contribution in [0.15, 0.2) is 30.3 Å². The largest absolute Gasteiger partial charge is 0.481 e. The summed E-state index contributed by atoms with van der Waals surface area (Å²) in [7, 11) is 0. The Balaban J connectivity index is 1.88. The van der Waals surface area contributed by atoms with E-state index in [1.807, 2.05) is 0 Å². The molecule has 11 heteroatoms. The zero-order valence-corrected chi connectivity index (χ0v) is 14.2. The molecule has 3 rings (SSSR count). The number of carbonyl (C=O) groups is 1. The molecule has 0 spiro atoms. The van der Waals surface area contributed by atoms with Crippen LogP contribution in [0, 0.1) is 6.92 Å². The molecule has 0 bridgehead atoms. The van der Waals surface area contributed by atoms with E-state index in [4.69, 9.17) is 15.2 Å². The van der Waals surface area contributed by atoms with E-state index >= 15 is 0 Å². The lowest BCUT2D eigenvalue weighted by Gasteiger charge is -2.12. The fourth-order valence-corrected chi connectivity index (χ4v) is 2.12. The molecule has 3 aromatic rings. The Hall–Kier alpha value is -3.37. The molecule has 8 nitrogen and oxygen atoms in total. The summed E-state index contributed by atoms with van der Waals surface area (Å²) in [6.45, 7) is 3.10. The number of nitrogens with two attached hydrogens (primary N) is 1. The highest BCUT2D eigenvalue weighted by atomic mass is 19.4. The van der Waals surface area contributed by atoms with E-state index in [0.717, 1.165) is 4.52 Å². The first kappa shape index (κ1) is 18.4. The number of nitrogens with zero attached hydrogens (tertiary/aromatic N) is 4. The topological polar surface area (TPSA) is 105 Å². The molecule has 2 N–H and O–H groups in total. The lowest BCUT2D eigenvalue weighted by molar-refractivity contribution is -0.144. The number of carbonyl (C=O) groups excluding carboxylic acids is 1. The number of fused-ring (bicyclic) bond motifs is 1. The average molecular weight is 381 g/mol. The molecular weight excluding hydrogens is 367 g/mol. The van der Waals surface area contributed by atoms with Crippen molar-refractivity contribution in [1.82, 2.24) is 19.6 Å². The second-order valence-electron chi connectivity index (χ2n) is 5.62. The van der Waals surface area contributed by atoms with Crippen molar-refractivity contribution in [2.24, 2.45) is 5.73 Å². The molecule has 1 aromatic carbocycles. The van der Waals surface area contributed by atoms with Gasteiger partial charge in [0.15, 0.2) is 6.10 Å². The van der Waals surface area contributed by atoms with E-state index in [-0.39, 0.29) is 11.7 Å².